The van der Waals surface area contributed by atoms with E-state index < -0.39 is 11.8 Å². The van der Waals surface area contributed by atoms with Crippen molar-refractivity contribution in [2.45, 2.75) is 19.8 Å². The molecule has 0 aromatic heterocycles. The lowest BCUT2D eigenvalue weighted by molar-refractivity contribution is -0.123. The highest BCUT2D eigenvalue weighted by atomic mass is 79.9. The van der Waals surface area contributed by atoms with Crippen molar-refractivity contribution in [3.63, 3.8) is 0 Å². The predicted octanol–water partition coefficient (Wildman–Crippen LogP) is 4.87. The lowest BCUT2D eigenvalue weighted by atomic mass is 10.2. The molecule has 166 valence electrons. The predicted molar refractivity (Wildman–Crippen MR) is 133 cm³/mol. The average Bonchev–Trinajstić information content (AvgIpc) is 2.72. The van der Waals surface area contributed by atoms with E-state index in [0.717, 1.165) is 21.8 Å². The van der Waals surface area contributed by atoms with Crippen LogP contribution in [0.4, 0.5) is 0 Å². The van der Waals surface area contributed by atoms with Gasteiger partial charge in [0.15, 0.2) is 11.7 Å². The van der Waals surface area contributed by atoms with Crippen LogP contribution >= 0.6 is 60.0 Å². The van der Waals surface area contributed by atoms with E-state index >= 15 is 0 Å². The van der Waals surface area contributed by atoms with E-state index in [1.54, 1.807) is 36.4 Å². The number of nitrogens with one attached hydrogen (secondary N) is 3. The van der Waals surface area contributed by atoms with Gasteiger partial charge in [-0.3, -0.25) is 25.8 Å². The molecule has 0 fully saturated rings. The molecule has 0 aliphatic heterocycles. The molecule has 2 amide bonds. The normalized spacial score (nSPS) is 10.2. The molecule has 0 unspecified atom stereocenters. The lowest BCUT2D eigenvalue weighted by Gasteiger charge is -2.14. The first-order valence-electron chi connectivity index (χ1n) is 9.20. The van der Waals surface area contributed by atoms with Gasteiger partial charge in [0.1, 0.15) is 11.5 Å². The number of halogens is 3. The van der Waals surface area contributed by atoms with Gasteiger partial charge in [-0.15, -0.1) is 0 Å². The van der Waals surface area contributed by atoms with E-state index in [9.17, 15) is 9.59 Å². The Morgan fingerprint density at radius 1 is 0.968 bits per heavy atom. The zero-order valence-corrected chi connectivity index (χ0v) is 22.0. The number of hydrazine groups is 1. The summed E-state index contributed by atoms with van der Waals surface area (Å²) in [5, 5.41) is 2.44. The Balaban J connectivity index is 1.84. The summed E-state index contributed by atoms with van der Waals surface area (Å²) in [6.07, 6.45) is 1.86. The summed E-state index contributed by atoms with van der Waals surface area (Å²) in [5.74, 6) is 0.0287. The second-order valence-corrected chi connectivity index (χ2v) is 9.26. The fraction of sp³-hybridized carbons (Fsp3) is 0.250. The Morgan fingerprint density at radius 3 is 2.32 bits per heavy atom. The second-order valence-electron chi connectivity index (χ2n) is 6.16. The summed E-state index contributed by atoms with van der Waals surface area (Å²) in [6, 6.07) is 10.5. The van der Waals surface area contributed by atoms with Crippen LogP contribution in [-0.2, 0) is 4.79 Å². The van der Waals surface area contributed by atoms with Gasteiger partial charge in [0.2, 0.25) is 0 Å². The number of rotatable bonds is 8. The number of thiocarbonyl (C=S) groups is 1. The molecule has 7 nitrogen and oxygen atoms in total. The summed E-state index contributed by atoms with van der Waals surface area (Å²) in [4.78, 5) is 24.6. The van der Waals surface area contributed by atoms with Gasteiger partial charge in [-0.25, -0.2) is 0 Å². The molecule has 2 rings (SSSR count). The molecule has 0 spiro atoms. The zero-order chi connectivity index (χ0) is 22.8. The molecule has 0 aliphatic rings. The van der Waals surface area contributed by atoms with Crippen LogP contribution in [0.5, 0.6) is 11.5 Å². The molecule has 31 heavy (non-hydrogen) atoms. The molecule has 0 saturated heterocycles. The average molecular weight is 638 g/mol. The van der Waals surface area contributed by atoms with Crippen molar-refractivity contribution in [2.75, 3.05) is 13.2 Å². The van der Waals surface area contributed by atoms with E-state index in [2.05, 4.69) is 70.9 Å². The van der Waals surface area contributed by atoms with Gasteiger partial charge in [0.25, 0.3) is 11.8 Å². The number of ether oxygens (including phenoxy) is 2. The maximum Gasteiger partial charge on any atom is 0.276 e. The Bertz CT molecular complexity index is 959. The van der Waals surface area contributed by atoms with Crippen LogP contribution in [-0.4, -0.2) is 30.1 Å². The summed E-state index contributed by atoms with van der Waals surface area (Å²) in [5.41, 5.74) is 5.17. The summed E-state index contributed by atoms with van der Waals surface area (Å²) >= 11 is 15.1. The third-order valence-electron chi connectivity index (χ3n) is 3.74. The van der Waals surface area contributed by atoms with Gasteiger partial charge in [-0.2, -0.15) is 0 Å². The van der Waals surface area contributed by atoms with E-state index in [1.807, 2.05) is 0 Å². The first-order chi connectivity index (χ1) is 14.8. The van der Waals surface area contributed by atoms with Crippen molar-refractivity contribution in [1.29, 1.82) is 0 Å². The smallest absolute Gasteiger partial charge is 0.276 e. The Morgan fingerprint density at radius 2 is 1.65 bits per heavy atom. The fourth-order valence-corrected chi connectivity index (χ4v) is 3.90. The third kappa shape index (κ3) is 8.76. The minimum Gasteiger partial charge on any atom is -0.493 e. The minimum atomic E-state index is -0.475. The van der Waals surface area contributed by atoms with E-state index in [0.29, 0.717) is 28.1 Å². The van der Waals surface area contributed by atoms with Crippen molar-refractivity contribution in [3.05, 3.63) is 55.4 Å². The minimum absolute atomic E-state index is 0.0670. The van der Waals surface area contributed by atoms with Crippen molar-refractivity contribution < 1.29 is 19.1 Å². The Hall–Kier alpha value is -1.69. The van der Waals surface area contributed by atoms with Crippen molar-refractivity contribution in [1.82, 2.24) is 16.2 Å². The van der Waals surface area contributed by atoms with Crippen molar-refractivity contribution >= 4 is 76.9 Å². The van der Waals surface area contributed by atoms with Crippen LogP contribution in [0.25, 0.3) is 0 Å². The summed E-state index contributed by atoms with van der Waals surface area (Å²) in [6.45, 7) is 2.32. The zero-order valence-electron chi connectivity index (χ0n) is 16.5. The number of unbranched alkanes of at least 4 members (excludes halogenated alkanes) is 1. The highest BCUT2D eigenvalue weighted by Gasteiger charge is 2.15. The Labute approximate surface area is 211 Å². The molecule has 0 heterocycles. The van der Waals surface area contributed by atoms with Gasteiger partial charge in [0.05, 0.1) is 16.6 Å². The molecule has 0 bridgehead atoms. The molecule has 3 N–H and O–H groups in total. The van der Waals surface area contributed by atoms with Crippen LogP contribution in [0.15, 0.2) is 49.8 Å². The second kappa shape index (κ2) is 13.0. The van der Waals surface area contributed by atoms with Crippen LogP contribution in [0.1, 0.15) is 30.1 Å². The maximum absolute atomic E-state index is 12.6. The lowest BCUT2D eigenvalue weighted by Crippen LogP contribution is -2.49. The van der Waals surface area contributed by atoms with Gasteiger partial charge in [-0.05, 0) is 71.0 Å². The van der Waals surface area contributed by atoms with Gasteiger partial charge in [-0.1, -0.05) is 45.2 Å². The van der Waals surface area contributed by atoms with Crippen LogP contribution in [0.3, 0.4) is 0 Å². The number of amides is 2. The highest BCUT2D eigenvalue weighted by Crippen LogP contribution is 2.28. The fourth-order valence-electron chi connectivity index (χ4n) is 2.23. The number of hydrogen-bond acceptors (Lipinski definition) is 5. The molecule has 0 saturated carbocycles. The summed E-state index contributed by atoms with van der Waals surface area (Å²) < 4.78 is 13.4. The molecule has 11 heteroatoms. The first-order valence-corrected chi connectivity index (χ1v) is 12.0. The third-order valence-corrected chi connectivity index (χ3v) is 5.55. The SMILES string of the molecule is CCCCOc1ccc(Br)cc1C(=O)NC(=S)NNC(=O)COc1ccc(Br)cc1Br. The molecular formula is C20H20Br3N3O4S. The first kappa shape index (κ1) is 25.6. The molecule has 2 aromatic rings. The number of benzene rings is 2. The van der Waals surface area contributed by atoms with Crippen LogP contribution < -0.4 is 25.6 Å². The highest BCUT2D eigenvalue weighted by molar-refractivity contribution is 9.11. The van der Waals surface area contributed by atoms with Gasteiger partial charge < -0.3 is 9.47 Å². The van der Waals surface area contributed by atoms with Gasteiger partial charge in [0, 0.05) is 8.95 Å². The Kier molecular flexibility index (Phi) is 10.7. The maximum atomic E-state index is 12.6. The van der Waals surface area contributed by atoms with E-state index in [1.165, 1.54) is 0 Å². The molecule has 2 aromatic carbocycles. The topological polar surface area (TPSA) is 88.7 Å². The molecule has 0 atom stereocenters. The molecule has 0 aliphatic carbocycles. The van der Waals surface area contributed by atoms with Crippen molar-refractivity contribution in [2.24, 2.45) is 0 Å². The molecular weight excluding hydrogens is 618 g/mol. The number of carbonyl (C=O) groups is 2. The summed E-state index contributed by atoms with van der Waals surface area (Å²) in [7, 11) is 0. The monoisotopic (exact) mass is 635 g/mol. The van der Waals surface area contributed by atoms with Crippen LogP contribution in [0, 0.1) is 0 Å². The van der Waals surface area contributed by atoms with E-state index in [-0.39, 0.29) is 11.7 Å². The quantitative estimate of drug-likeness (QED) is 0.218. The van der Waals surface area contributed by atoms with E-state index in [4.69, 9.17) is 21.7 Å². The molecule has 0 radical (unpaired) electrons. The largest absolute Gasteiger partial charge is 0.493 e. The van der Waals surface area contributed by atoms with Gasteiger partial charge >= 0.3 is 0 Å². The van der Waals surface area contributed by atoms with Crippen LogP contribution in [0.2, 0.25) is 0 Å². The number of hydrogen-bond donors (Lipinski definition) is 3. The number of carbonyl (C=O) groups excluding carboxylic acids is 2. The van der Waals surface area contributed by atoms with Crippen molar-refractivity contribution in [3.8, 4) is 11.5 Å². The standard InChI is InChI=1S/C20H20Br3N3O4S/c1-2-3-8-29-16-6-4-12(21)9-14(16)19(28)24-20(31)26-25-18(27)11-30-17-7-5-13(22)10-15(17)23/h4-7,9-10H,2-3,8,11H2,1H3,(H,25,27)(H2,24,26,28,31).